The Bertz CT molecular complexity index is 276. The monoisotopic (exact) mass is 282 g/mol. The lowest BCUT2D eigenvalue weighted by atomic mass is 10.2. The summed E-state index contributed by atoms with van der Waals surface area (Å²) in [6, 6.07) is 1.15. The Morgan fingerprint density at radius 3 is 2.25 bits per heavy atom. The second-order valence-corrected chi connectivity index (χ2v) is 5.75. The SMILES string of the molecule is C=CCCCN(C)C(=NC)NCCN(C(C)C)C(C)C. The molecule has 0 saturated heterocycles. The largest absolute Gasteiger partial charge is 0.355 e. The van der Waals surface area contributed by atoms with Crippen molar-refractivity contribution in [1.29, 1.82) is 0 Å². The molecule has 4 nitrogen and oxygen atoms in total. The zero-order valence-corrected chi connectivity index (χ0v) is 14.3. The summed E-state index contributed by atoms with van der Waals surface area (Å²) in [4.78, 5) is 9.00. The molecule has 0 amide bonds. The van der Waals surface area contributed by atoms with Gasteiger partial charge in [0.05, 0.1) is 0 Å². The van der Waals surface area contributed by atoms with Gasteiger partial charge < -0.3 is 10.2 Å². The van der Waals surface area contributed by atoms with Crippen LogP contribution >= 0.6 is 0 Å². The fourth-order valence-corrected chi connectivity index (χ4v) is 2.37. The lowest BCUT2D eigenvalue weighted by molar-refractivity contribution is 0.178. The summed E-state index contributed by atoms with van der Waals surface area (Å²) in [5.74, 6) is 0.974. The molecule has 0 aromatic rings. The predicted molar refractivity (Wildman–Crippen MR) is 90.4 cm³/mol. The topological polar surface area (TPSA) is 30.9 Å². The highest BCUT2D eigenvalue weighted by molar-refractivity contribution is 5.79. The van der Waals surface area contributed by atoms with Gasteiger partial charge in [-0.05, 0) is 40.5 Å². The van der Waals surface area contributed by atoms with Crippen LogP contribution in [0, 0.1) is 0 Å². The van der Waals surface area contributed by atoms with Gasteiger partial charge in [0.1, 0.15) is 0 Å². The van der Waals surface area contributed by atoms with E-state index in [1.54, 1.807) is 0 Å². The average molecular weight is 282 g/mol. The van der Waals surface area contributed by atoms with Crippen molar-refractivity contribution in [3.8, 4) is 0 Å². The van der Waals surface area contributed by atoms with E-state index in [0.717, 1.165) is 38.4 Å². The van der Waals surface area contributed by atoms with Crippen LogP contribution in [0.4, 0.5) is 0 Å². The normalized spacial score (nSPS) is 12.3. The van der Waals surface area contributed by atoms with Crippen LogP contribution in [0.3, 0.4) is 0 Å². The summed E-state index contributed by atoms with van der Waals surface area (Å²) >= 11 is 0. The number of allylic oxidation sites excluding steroid dienone is 1. The van der Waals surface area contributed by atoms with Crippen molar-refractivity contribution in [2.24, 2.45) is 4.99 Å². The molecule has 0 radical (unpaired) electrons. The minimum absolute atomic E-state index is 0.573. The Kier molecular flexibility index (Phi) is 10.2. The maximum Gasteiger partial charge on any atom is 0.193 e. The molecule has 0 aliphatic heterocycles. The predicted octanol–water partition coefficient (Wildman–Crippen LogP) is 2.58. The minimum atomic E-state index is 0.573. The van der Waals surface area contributed by atoms with Gasteiger partial charge in [0.15, 0.2) is 5.96 Å². The number of rotatable bonds is 9. The van der Waals surface area contributed by atoms with E-state index in [2.05, 4.69) is 61.4 Å². The van der Waals surface area contributed by atoms with Crippen LogP contribution < -0.4 is 5.32 Å². The molecule has 0 aliphatic rings. The highest BCUT2D eigenvalue weighted by atomic mass is 15.3. The number of hydrogen-bond donors (Lipinski definition) is 1. The van der Waals surface area contributed by atoms with Crippen molar-refractivity contribution >= 4 is 5.96 Å². The van der Waals surface area contributed by atoms with Gasteiger partial charge in [-0.1, -0.05) is 6.08 Å². The van der Waals surface area contributed by atoms with Gasteiger partial charge in [-0.25, -0.2) is 0 Å². The van der Waals surface area contributed by atoms with Gasteiger partial charge in [-0.2, -0.15) is 0 Å². The Labute approximate surface area is 125 Å². The Hall–Kier alpha value is -1.03. The molecule has 0 saturated carbocycles. The van der Waals surface area contributed by atoms with Gasteiger partial charge >= 0.3 is 0 Å². The number of hydrogen-bond acceptors (Lipinski definition) is 2. The first kappa shape index (κ1) is 19.0. The fraction of sp³-hybridized carbons (Fsp3) is 0.812. The van der Waals surface area contributed by atoms with Gasteiger partial charge in [0.25, 0.3) is 0 Å². The van der Waals surface area contributed by atoms with Gasteiger partial charge in [0.2, 0.25) is 0 Å². The maximum absolute atomic E-state index is 4.34. The zero-order chi connectivity index (χ0) is 15.5. The Morgan fingerprint density at radius 1 is 1.20 bits per heavy atom. The molecule has 0 unspecified atom stereocenters. The summed E-state index contributed by atoms with van der Waals surface area (Å²) in [6.07, 6.45) is 4.13. The van der Waals surface area contributed by atoms with Crippen LogP contribution in [0.5, 0.6) is 0 Å². The third-order valence-corrected chi connectivity index (χ3v) is 3.45. The zero-order valence-electron chi connectivity index (χ0n) is 14.3. The van der Waals surface area contributed by atoms with Crippen LogP contribution in [-0.2, 0) is 0 Å². The molecule has 0 aromatic heterocycles. The van der Waals surface area contributed by atoms with Gasteiger partial charge in [0, 0.05) is 45.8 Å². The van der Waals surface area contributed by atoms with Crippen LogP contribution in [0.2, 0.25) is 0 Å². The molecule has 0 atom stereocenters. The second kappa shape index (κ2) is 10.7. The number of unbranched alkanes of at least 4 members (excludes halogenated alkanes) is 1. The highest BCUT2D eigenvalue weighted by Gasteiger charge is 2.13. The molecule has 118 valence electrons. The van der Waals surface area contributed by atoms with E-state index in [1.807, 2.05) is 13.1 Å². The first-order valence-corrected chi connectivity index (χ1v) is 7.72. The van der Waals surface area contributed by atoms with Crippen molar-refractivity contribution in [3.63, 3.8) is 0 Å². The Morgan fingerprint density at radius 2 is 1.80 bits per heavy atom. The van der Waals surface area contributed by atoms with E-state index < -0.39 is 0 Å². The van der Waals surface area contributed by atoms with Gasteiger partial charge in [-0.15, -0.1) is 6.58 Å². The lowest BCUT2D eigenvalue weighted by Crippen LogP contribution is -2.45. The second-order valence-electron chi connectivity index (χ2n) is 5.75. The number of guanidine groups is 1. The van der Waals surface area contributed by atoms with Crippen molar-refractivity contribution in [3.05, 3.63) is 12.7 Å². The molecular weight excluding hydrogens is 248 g/mol. The standard InChI is InChI=1S/C16H34N4/c1-8-9-10-12-19(7)16(17-6)18-11-13-20(14(2)3)15(4)5/h8,14-15H,1,9-13H2,2-7H3,(H,17,18). The Balaban J connectivity index is 4.15. The summed E-state index contributed by atoms with van der Waals surface area (Å²) in [5, 5.41) is 3.44. The molecule has 0 aliphatic carbocycles. The summed E-state index contributed by atoms with van der Waals surface area (Å²) in [6.45, 7) is 15.7. The third kappa shape index (κ3) is 7.53. The first-order valence-electron chi connectivity index (χ1n) is 7.72. The molecule has 0 rings (SSSR count). The van der Waals surface area contributed by atoms with E-state index >= 15 is 0 Å². The van der Waals surface area contributed by atoms with E-state index in [9.17, 15) is 0 Å². The van der Waals surface area contributed by atoms with E-state index in [0.29, 0.717) is 12.1 Å². The number of nitrogens with zero attached hydrogens (tertiary/aromatic N) is 3. The molecule has 4 heteroatoms. The molecule has 20 heavy (non-hydrogen) atoms. The third-order valence-electron chi connectivity index (χ3n) is 3.45. The summed E-state index contributed by atoms with van der Waals surface area (Å²) < 4.78 is 0. The highest BCUT2D eigenvalue weighted by Crippen LogP contribution is 2.03. The molecule has 0 heterocycles. The molecule has 0 spiro atoms. The van der Waals surface area contributed by atoms with Crippen LogP contribution in [-0.4, -0.2) is 61.6 Å². The first-order chi connectivity index (χ1) is 9.43. The van der Waals surface area contributed by atoms with Crippen molar-refractivity contribution in [2.45, 2.75) is 52.6 Å². The van der Waals surface area contributed by atoms with E-state index in [1.165, 1.54) is 0 Å². The molecular formula is C16H34N4. The summed E-state index contributed by atoms with van der Waals surface area (Å²) in [7, 11) is 3.93. The van der Waals surface area contributed by atoms with Crippen molar-refractivity contribution in [2.75, 3.05) is 33.7 Å². The molecule has 0 bridgehead atoms. The van der Waals surface area contributed by atoms with Gasteiger partial charge in [-0.3, -0.25) is 9.89 Å². The molecule has 0 aromatic carbocycles. The molecule has 0 fully saturated rings. The van der Waals surface area contributed by atoms with Crippen LogP contribution in [0.25, 0.3) is 0 Å². The fourth-order valence-electron chi connectivity index (χ4n) is 2.37. The van der Waals surface area contributed by atoms with E-state index in [4.69, 9.17) is 0 Å². The number of nitrogens with one attached hydrogen (secondary N) is 1. The maximum atomic E-state index is 4.34. The van der Waals surface area contributed by atoms with Crippen LogP contribution in [0.1, 0.15) is 40.5 Å². The quantitative estimate of drug-likeness (QED) is 0.305. The van der Waals surface area contributed by atoms with Crippen LogP contribution in [0.15, 0.2) is 17.6 Å². The minimum Gasteiger partial charge on any atom is -0.355 e. The summed E-state index contributed by atoms with van der Waals surface area (Å²) in [5.41, 5.74) is 0. The van der Waals surface area contributed by atoms with Crippen molar-refractivity contribution in [1.82, 2.24) is 15.1 Å². The lowest BCUT2D eigenvalue weighted by Gasteiger charge is -2.31. The number of aliphatic imine (C=N–C) groups is 1. The smallest absolute Gasteiger partial charge is 0.193 e. The van der Waals surface area contributed by atoms with Crippen molar-refractivity contribution < 1.29 is 0 Å². The average Bonchev–Trinajstić information content (AvgIpc) is 2.38. The van der Waals surface area contributed by atoms with E-state index in [-0.39, 0.29) is 0 Å². The molecule has 1 N–H and O–H groups in total.